The van der Waals surface area contributed by atoms with E-state index < -0.39 is 20.0 Å². The fourth-order valence-corrected chi connectivity index (χ4v) is 4.89. The first kappa shape index (κ1) is 38.2. The minimum atomic E-state index is -4.29. The van der Waals surface area contributed by atoms with Crippen molar-refractivity contribution in [3.8, 4) is 0 Å². The maximum absolute atomic E-state index is 12.6. The zero-order chi connectivity index (χ0) is 29.4. The largest absolute Gasteiger partial charge is 0.472 e. The lowest BCUT2D eigenvalue weighted by Gasteiger charge is -2.26. The van der Waals surface area contributed by atoms with Gasteiger partial charge in [0.25, 0.3) is 0 Å². The molecule has 0 heterocycles. The molecule has 39 heavy (non-hydrogen) atoms. The van der Waals surface area contributed by atoms with Gasteiger partial charge >= 0.3 is 7.82 Å². The summed E-state index contributed by atoms with van der Waals surface area (Å²) >= 11 is 0. The van der Waals surface area contributed by atoms with Crippen LogP contribution in [0.5, 0.6) is 0 Å². The second-order valence-corrected chi connectivity index (χ2v) is 13.3. The number of allylic oxidation sites excluding steroid dienone is 2. The van der Waals surface area contributed by atoms with E-state index in [4.69, 9.17) is 9.05 Å². The smallest absolute Gasteiger partial charge is 0.391 e. The minimum Gasteiger partial charge on any atom is -0.391 e. The predicted molar refractivity (Wildman–Crippen MR) is 162 cm³/mol. The highest BCUT2D eigenvalue weighted by Crippen LogP contribution is 2.43. The number of hydrogen-bond donors (Lipinski definition) is 3. The maximum atomic E-state index is 12.6. The van der Waals surface area contributed by atoms with E-state index in [-0.39, 0.29) is 19.1 Å². The number of likely N-dealkylation sites (N-methyl/N-ethyl adjacent to an activating group) is 1. The molecule has 0 aromatic carbocycles. The molecule has 0 saturated heterocycles. The van der Waals surface area contributed by atoms with Gasteiger partial charge in [0, 0.05) is 6.42 Å². The number of phosphoric acid groups is 1. The SMILES string of the molecule is CCCCCC/C=C/CCCC[C@@H](O)[C@H](COP(=O)(O)OCC[N+](C)(C)C)NC(=O)CCCCCCCCC. The summed E-state index contributed by atoms with van der Waals surface area (Å²) in [5, 5.41) is 13.7. The van der Waals surface area contributed by atoms with Crippen LogP contribution in [0.3, 0.4) is 0 Å². The summed E-state index contributed by atoms with van der Waals surface area (Å²) in [5.41, 5.74) is 0. The van der Waals surface area contributed by atoms with Crippen molar-refractivity contribution >= 4 is 13.7 Å². The molecule has 0 aliphatic heterocycles. The fraction of sp³-hybridized carbons (Fsp3) is 0.900. The number of amides is 1. The molecule has 0 rings (SSSR count). The van der Waals surface area contributed by atoms with E-state index in [9.17, 15) is 19.4 Å². The number of unbranched alkanes of at least 4 members (excludes halogenated alkanes) is 12. The van der Waals surface area contributed by atoms with Crippen molar-refractivity contribution < 1.29 is 32.9 Å². The van der Waals surface area contributed by atoms with Crippen LogP contribution in [0.4, 0.5) is 0 Å². The number of aliphatic hydroxyl groups is 1. The summed E-state index contributed by atoms with van der Waals surface area (Å²) in [5.74, 6) is -0.166. The van der Waals surface area contributed by atoms with Crippen molar-refractivity contribution in [1.29, 1.82) is 0 Å². The first-order valence-electron chi connectivity index (χ1n) is 15.6. The quantitative estimate of drug-likeness (QED) is 0.0425. The zero-order valence-electron chi connectivity index (χ0n) is 25.9. The van der Waals surface area contributed by atoms with Gasteiger partial charge in [0.2, 0.25) is 5.91 Å². The number of carbonyl (C=O) groups is 1. The third-order valence-corrected chi connectivity index (χ3v) is 7.75. The lowest BCUT2D eigenvalue weighted by atomic mass is 10.0. The Bertz CT molecular complexity index is 668. The first-order valence-corrected chi connectivity index (χ1v) is 17.0. The van der Waals surface area contributed by atoms with Crippen LogP contribution in [0, 0.1) is 0 Å². The summed E-state index contributed by atoms with van der Waals surface area (Å²) in [6.07, 6.45) is 21.1. The summed E-state index contributed by atoms with van der Waals surface area (Å²) in [4.78, 5) is 22.7. The maximum Gasteiger partial charge on any atom is 0.472 e. The average Bonchev–Trinajstić information content (AvgIpc) is 2.86. The van der Waals surface area contributed by atoms with Gasteiger partial charge < -0.3 is 19.8 Å². The summed E-state index contributed by atoms with van der Waals surface area (Å²) in [6.45, 7) is 4.75. The highest BCUT2D eigenvalue weighted by molar-refractivity contribution is 7.47. The summed E-state index contributed by atoms with van der Waals surface area (Å²) in [7, 11) is 1.59. The predicted octanol–water partition coefficient (Wildman–Crippen LogP) is 6.90. The summed E-state index contributed by atoms with van der Waals surface area (Å²) in [6, 6.07) is -0.765. The Morgan fingerprint density at radius 1 is 0.846 bits per heavy atom. The first-order chi connectivity index (χ1) is 18.5. The summed E-state index contributed by atoms with van der Waals surface area (Å²) < 4.78 is 23.3. The lowest BCUT2D eigenvalue weighted by Crippen LogP contribution is -2.46. The van der Waals surface area contributed by atoms with Crippen molar-refractivity contribution in [3.05, 3.63) is 12.2 Å². The number of carbonyl (C=O) groups excluding carboxylic acids is 1. The Morgan fingerprint density at radius 3 is 1.97 bits per heavy atom. The number of aliphatic hydroxyl groups excluding tert-OH is 1. The van der Waals surface area contributed by atoms with E-state index in [1.807, 2.05) is 21.1 Å². The van der Waals surface area contributed by atoms with E-state index >= 15 is 0 Å². The molecule has 3 N–H and O–H groups in total. The van der Waals surface area contributed by atoms with Crippen LogP contribution in [0.25, 0.3) is 0 Å². The molecule has 0 radical (unpaired) electrons. The normalized spacial score (nSPS) is 15.4. The molecule has 232 valence electrons. The van der Waals surface area contributed by atoms with E-state index in [0.29, 0.717) is 23.9 Å². The second kappa shape index (κ2) is 23.9. The van der Waals surface area contributed by atoms with Gasteiger partial charge in [-0.2, -0.15) is 0 Å². The topological polar surface area (TPSA) is 105 Å². The van der Waals surface area contributed by atoms with Gasteiger partial charge in [-0.3, -0.25) is 13.8 Å². The number of rotatable bonds is 27. The number of hydrogen-bond acceptors (Lipinski definition) is 5. The standard InChI is InChI=1S/C30H61N2O6P/c1-6-8-10-12-14-15-16-18-19-21-23-29(33)28(27-38-39(35,36)37-26-25-32(3,4)5)31-30(34)24-22-20-17-13-11-9-7-2/h15-16,28-29,33H,6-14,17-27H2,1-5H3,(H-,31,34,35,36)/p+1/b16-15+/t28-,29+/m0/s1. The number of phosphoric ester groups is 1. The minimum absolute atomic E-state index is 0.0707. The van der Waals surface area contributed by atoms with E-state index in [0.717, 1.165) is 44.9 Å². The molecular weight excluding hydrogens is 515 g/mol. The molecule has 8 nitrogen and oxygen atoms in total. The Kier molecular flexibility index (Phi) is 23.4. The molecule has 0 bridgehead atoms. The van der Waals surface area contributed by atoms with Gasteiger partial charge in [-0.05, 0) is 38.5 Å². The van der Waals surface area contributed by atoms with Crippen LogP contribution in [-0.4, -0.2) is 73.4 Å². The van der Waals surface area contributed by atoms with Crippen molar-refractivity contribution in [2.24, 2.45) is 0 Å². The van der Waals surface area contributed by atoms with Gasteiger partial charge in [0.1, 0.15) is 13.2 Å². The van der Waals surface area contributed by atoms with Crippen molar-refractivity contribution in [1.82, 2.24) is 5.32 Å². The zero-order valence-corrected chi connectivity index (χ0v) is 26.8. The molecule has 1 amide bonds. The van der Waals surface area contributed by atoms with Crippen LogP contribution in [0.15, 0.2) is 12.2 Å². The van der Waals surface area contributed by atoms with Crippen molar-refractivity contribution in [2.75, 3.05) is 40.9 Å². The number of nitrogens with one attached hydrogen (secondary N) is 1. The molecule has 0 aliphatic carbocycles. The molecule has 0 aliphatic rings. The Hall–Kier alpha value is -0.760. The number of quaternary nitrogens is 1. The molecular formula is C30H62N2O6P+. The van der Waals surface area contributed by atoms with Gasteiger partial charge in [-0.1, -0.05) is 90.2 Å². The molecule has 0 fully saturated rings. The third-order valence-electron chi connectivity index (χ3n) is 6.76. The lowest BCUT2D eigenvalue weighted by molar-refractivity contribution is -0.870. The van der Waals surface area contributed by atoms with E-state index in [2.05, 4.69) is 31.3 Å². The average molecular weight is 578 g/mol. The van der Waals surface area contributed by atoms with Gasteiger partial charge in [-0.15, -0.1) is 0 Å². The third kappa shape index (κ3) is 25.9. The molecule has 3 atom stereocenters. The van der Waals surface area contributed by atoms with Crippen molar-refractivity contribution in [2.45, 2.75) is 135 Å². The Morgan fingerprint density at radius 2 is 1.38 bits per heavy atom. The van der Waals surface area contributed by atoms with E-state index in [1.54, 1.807) is 0 Å². The van der Waals surface area contributed by atoms with Gasteiger partial charge in [0.05, 0.1) is 39.9 Å². The Labute approximate surface area is 240 Å². The fourth-order valence-electron chi connectivity index (χ4n) is 4.15. The number of nitrogens with zero attached hydrogens (tertiary/aromatic N) is 1. The van der Waals surface area contributed by atoms with Gasteiger partial charge in [-0.25, -0.2) is 4.57 Å². The molecule has 9 heteroatoms. The molecule has 0 aromatic rings. The van der Waals surface area contributed by atoms with Crippen LogP contribution in [0.2, 0.25) is 0 Å². The molecule has 0 saturated carbocycles. The van der Waals surface area contributed by atoms with Crippen LogP contribution in [0.1, 0.15) is 123 Å². The van der Waals surface area contributed by atoms with Crippen molar-refractivity contribution in [3.63, 3.8) is 0 Å². The van der Waals surface area contributed by atoms with Crippen LogP contribution < -0.4 is 5.32 Å². The molecule has 0 aromatic heterocycles. The van der Waals surface area contributed by atoms with Crippen LogP contribution in [-0.2, 0) is 18.4 Å². The molecule has 1 unspecified atom stereocenters. The van der Waals surface area contributed by atoms with Crippen LogP contribution >= 0.6 is 7.82 Å². The second-order valence-electron chi connectivity index (χ2n) is 11.8. The Balaban J connectivity index is 4.64. The highest BCUT2D eigenvalue weighted by Gasteiger charge is 2.28. The molecule has 0 spiro atoms. The van der Waals surface area contributed by atoms with E-state index in [1.165, 1.54) is 51.4 Å². The monoisotopic (exact) mass is 577 g/mol. The van der Waals surface area contributed by atoms with Gasteiger partial charge in [0.15, 0.2) is 0 Å². The highest BCUT2D eigenvalue weighted by atomic mass is 31.2.